The lowest BCUT2D eigenvalue weighted by Gasteiger charge is -2.13. The molecule has 7 nitrogen and oxygen atoms in total. The fraction of sp³-hybridized carbons (Fsp3) is 0.409. The summed E-state index contributed by atoms with van der Waals surface area (Å²) in [5.74, 6) is 1.86. The summed E-state index contributed by atoms with van der Waals surface area (Å²) in [6.45, 7) is 6.42. The number of carbonyl (C=O) groups excluding carboxylic acids is 1. The highest BCUT2D eigenvalue weighted by Gasteiger charge is 2.38. The Balaban J connectivity index is 1.54. The van der Waals surface area contributed by atoms with Crippen LogP contribution in [0.25, 0.3) is 11.1 Å². The van der Waals surface area contributed by atoms with E-state index in [1.165, 1.54) is 6.33 Å². The number of aromatic nitrogens is 2. The minimum absolute atomic E-state index is 0.0297. The molecule has 1 aliphatic rings. The maximum absolute atomic E-state index is 13.0. The van der Waals surface area contributed by atoms with Crippen LogP contribution in [0, 0.1) is 13.8 Å². The van der Waals surface area contributed by atoms with Crippen LogP contribution in [0.2, 0.25) is 0 Å². The second kappa shape index (κ2) is 7.39. The highest BCUT2D eigenvalue weighted by atomic mass is 16.5. The fourth-order valence-electron chi connectivity index (χ4n) is 3.61. The molecule has 0 saturated heterocycles. The molecule has 1 saturated carbocycles. The number of benzene rings is 1. The van der Waals surface area contributed by atoms with E-state index in [1.807, 2.05) is 25.1 Å². The Hall–Kier alpha value is -3.09. The lowest BCUT2D eigenvalue weighted by atomic mass is 10.1. The Morgan fingerprint density at radius 2 is 2.07 bits per heavy atom. The summed E-state index contributed by atoms with van der Waals surface area (Å²) in [5, 5.41) is 7.09. The number of amides is 1. The largest absolute Gasteiger partial charge is 0.496 e. The molecule has 1 aromatic carbocycles. The third-order valence-corrected chi connectivity index (χ3v) is 5.49. The van der Waals surface area contributed by atoms with Crippen LogP contribution in [0.1, 0.15) is 47.0 Å². The van der Waals surface area contributed by atoms with Gasteiger partial charge in [-0.15, -0.1) is 0 Å². The first kappa shape index (κ1) is 19.2. The number of nitrogens with zero attached hydrogens (tertiary/aromatic N) is 2. The zero-order chi connectivity index (χ0) is 20.6. The number of para-hydroxylation sites is 1. The van der Waals surface area contributed by atoms with Crippen molar-refractivity contribution in [2.75, 3.05) is 19.0 Å². The summed E-state index contributed by atoms with van der Waals surface area (Å²) in [7, 11) is 1.67. The molecule has 1 amide bonds. The number of methoxy groups -OCH3 is 1. The highest BCUT2D eigenvalue weighted by Crippen LogP contribution is 2.40. The Morgan fingerprint density at radius 1 is 1.28 bits per heavy atom. The minimum Gasteiger partial charge on any atom is -0.496 e. The Morgan fingerprint density at radius 3 is 2.79 bits per heavy atom. The summed E-state index contributed by atoms with van der Waals surface area (Å²) >= 11 is 0. The maximum atomic E-state index is 13.0. The first-order valence-corrected chi connectivity index (χ1v) is 9.85. The van der Waals surface area contributed by atoms with Crippen molar-refractivity contribution in [1.82, 2.24) is 15.3 Å². The van der Waals surface area contributed by atoms with Gasteiger partial charge < -0.3 is 19.8 Å². The topological polar surface area (TPSA) is 89.3 Å². The van der Waals surface area contributed by atoms with Crippen molar-refractivity contribution in [2.45, 2.75) is 45.6 Å². The van der Waals surface area contributed by atoms with Gasteiger partial charge >= 0.3 is 0 Å². The monoisotopic (exact) mass is 394 g/mol. The number of furan rings is 1. The number of fused-ring (bicyclic) bond motifs is 1. The van der Waals surface area contributed by atoms with Crippen molar-refractivity contribution in [2.24, 2.45) is 0 Å². The molecular formula is C22H26N4O3. The lowest BCUT2D eigenvalue weighted by Crippen LogP contribution is -2.26. The van der Waals surface area contributed by atoms with Crippen LogP contribution in [0.4, 0.5) is 5.82 Å². The van der Waals surface area contributed by atoms with Crippen LogP contribution < -0.4 is 15.4 Å². The fourth-order valence-corrected chi connectivity index (χ4v) is 3.61. The van der Waals surface area contributed by atoms with Gasteiger partial charge in [-0.3, -0.25) is 4.79 Å². The van der Waals surface area contributed by atoms with Crippen molar-refractivity contribution >= 4 is 22.8 Å². The third kappa shape index (κ3) is 3.77. The van der Waals surface area contributed by atoms with Crippen molar-refractivity contribution < 1.29 is 13.9 Å². The number of nitrogens with one attached hydrogen (secondary N) is 2. The number of hydrogen-bond acceptors (Lipinski definition) is 6. The molecule has 2 N–H and O–H groups in total. The van der Waals surface area contributed by atoms with E-state index >= 15 is 0 Å². The van der Waals surface area contributed by atoms with Gasteiger partial charge in [0, 0.05) is 12.1 Å². The molecule has 2 heterocycles. The normalized spacial score (nSPS) is 14.6. The van der Waals surface area contributed by atoms with Crippen molar-refractivity contribution in [3.8, 4) is 5.75 Å². The van der Waals surface area contributed by atoms with Crippen LogP contribution >= 0.6 is 0 Å². The number of hydrogen-bond donors (Lipinski definition) is 2. The van der Waals surface area contributed by atoms with E-state index in [4.69, 9.17) is 9.15 Å². The number of rotatable bonds is 7. The molecule has 0 atom stereocenters. The van der Waals surface area contributed by atoms with Crippen LogP contribution in [0.5, 0.6) is 5.75 Å². The molecule has 3 aromatic rings. The average molecular weight is 394 g/mol. The predicted molar refractivity (Wildman–Crippen MR) is 112 cm³/mol. The summed E-state index contributed by atoms with van der Waals surface area (Å²) in [6, 6.07) is 6.02. The Kier molecular flexibility index (Phi) is 4.90. The molecule has 4 rings (SSSR count). The molecule has 2 aromatic heterocycles. The van der Waals surface area contributed by atoms with E-state index in [1.54, 1.807) is 14.0 Å². The molecule has 152 valence electrons. The number of aryl methyl sites for hydroxylation is 2. The van der Waals surface area contributed by atoms with Crippen LogP contribution in [0.3, 0.4) is 0 Å². The van der Waals surface area contributed by atoms with Gasteiger partial charge in [-0.1, -0.05) is 18.2 Å². The van der Waals surface area contributed by atoms with Crippen molar-refractivity contribution in [3.63, 3.8) is 0 Å². The average Bonchev–Trinajstić information content (AvgIpc) is 3.30. The third-order valence-electron chi connectivity index (χ3n) is 5.49. The van der Waals surface area contributed by atoms with E-state index in [0.717, 1.165) is 29.7 Å². The molecule has 29 heavy (non-hydrogen) atoms. The van der Waals surface area contributed by atoms with Gasteiger partial charge in [0.1, 0.15) is 23.7 Å². The SMILES string of the molecule is COc1c(C)cccc1CCNC(=O)c1c(C)oc2ncnc(NC3(C)CC3)c12. The number of anilines is 1. The van der Waals surface area contributed by atoms with E-state index < -0.39 is 0 Å². The molecule has 1 fully saturated rings. The molecule has 0 spiro atoms. The first-order chi connectivity index (χ1) is 13.9. The minimum atomic E-state index is -0.188. The summed E-state index contributed by atoms with van der Waals surface area (Å²) < 4.78 is 11.2. The van der Waals surface area contributed by atoms with E-state index in [2.05, 4.69) is 27.5 Å². The molecule has 0 aliphatic heterocycles. The highest BCUT2D eigenvalue weighted by molar-refractivity contribution is 6.10. The quantitative estimate of drug-likeness (QED) is 0.634. The van der Waals surface area contributed by atoms with Crippen LogP contribution in [-0.2, 0) is 6.42 Å². The second-order valence-corrected chi connectivity index (χ2v) is 7.89. The lowest BCUT2D eigenvalue weighted by molar-refractivity contribution is 0.0954. The van der Waals surface area contributed by atoms with Gasteiger partial charge in [-0.2, -0.15) is 0 Å². The van der Waals surface area contributed by atoms with Gasteiger partial charge in [0.15, 0.2) is 0 Å². The number of ether oxygens (including phenoxy) is 1. The van der Waals surface area contributed by atoms with E-state index in [9.17, 15) is 4.79 Å². The Bertz CT molecular complexity index is 1070. The predicted octanol–water partition coefficient (Wildman–Crippen LogP) is 3.79. The van der Waals surface area contributed by atoms with Crippen LogP contribution in [-0.4, -0.2) is 35.1 Å². The molecule has 0 radical (unpaired) electrons. The summed E-state index contributed by atoms with van der Waals surface area (Å²) in [6.07, 6.45) is 4.29. The van der Waals surface area contributed by atoms with Gasteiger partial charge in [0.05, 0.1) is 18.1 Å². The molecule has 7 heteroatoms. The summed E-state index contributed by atoms with van der Waals surface area (Å²) in [5.41, 5.74) is 3.09. The maximum Gasteiger partial charge on any atom is 0.255 e. The molecule has 0 bridgehead atoms. The van der Waals surface area contributed by atoms with Crippen LogP contribution in [0.15, 0.2) is 28.9 Å². The molecule has 0 unspecified atom stereocenters. The zero-order valence-corrected chi connectivity index (χ0v) is 17.3. The van der Waals surface area contributed by atoms with Crippen molar-refractivity contribution in [1.29, 1.82) is 0 Å². The van der Waals surface area contributed by atoms with Gasteiger partial charge in [-0.05, 0) is 51.2 Å². The van der Waals surface area contributed by atoms with Gasteiger partial charge in [-0.25, -0.2) is 9.97 Å². The zero-order valence-electron chi connectivity index (χ0n) is 17.3. The first-order valence-electron chi connectivity index (χ1n) is 9.85. The van der Waals surface area contributed by atoms with Gasteiger partial charge in [0.2, 0.25) is 5.71 Å². The Labute approximate surface area is 169 Å². The standard InChI is InChI=1S/C22H26N4O3/c1-13-6-5-7-15(18(13)28-4)8-11-23-20(27)16-14(2)29-21-17(16)19(24-12-25-21)26-22(3)9-10-22/h5-7,12H,8-11H2,1-4H3,(H,23,27)(H,24,25,26). The summed E-state index contributed by atoms with van der Waals surface area (Å²) in [4.78, 5) is 21.6. The molecular weight excluding hydrogens is 368 g/mol. The van der Waals surface area contributed by atoms with Crippen molar-refractivity contribution in [3.05, 3.63) is 47.0 Å². The smallest absolute Gasteiger partial charge is 0.255 e. The number of carbonyl (C=O) groups is 1. The second-order valence-electron chi connectivity index (χ2n) is 7.89. The van der Waals surface area contributed by atoms with E-state index in [-0.39, 0.29) is 11.4 Å². The van der Waals surface area contributed by atoms with E-state index in [0.29, 0.717) is 41.2 Å². The van der Waals surface area contributed by atoms with Gasteiger partial charge in [0.25, 0.3) is 5.91 Å². The molecule has 1 aliphatic carbocycles.